The van der Waals surface area contributed by atoms with E-state index in [9.17, 15) is 9.59 Å². The van der Waals surface area contributed by atoms with Crippen LogP contribution in [0.2, 0.25) is 0 Å². The molecule has 0 atom stereocenters. The summed E-state index contributed by atoms with van der Waals surface area (Å²) in [6.45, 7) is -0.138. The van der Waals surface area contributed by atoms with Gasteiger partial charge in [0.25, 0.3) is 0 Å². The van der Waals surface area contributed by atoms with Crippen molar-refractivity contribution in [3.05, 3.63) is 30.2 Å². The van der Waals surface area contributed by atoms with Crippen LogP contribution >= 0.6 is 0 Å². The Morgan fingerprint density at radius 3 is 2.83 bits per heavy atom. The van der Waals surface area contributed by atoms with E-state index in [-0.39, 0.29) is 25.0 Å². The van der Waals surface area contributed by atoms with Gasteiger partial charge in [0.15, 0.2) is 5.76 Å². The third-order valence-electron chi connectivity index (χ3n) is 4.09. The molecule has 1 fully saturated rings. The molecule has 1 aliphatic rings. The topological polar surface area (TPSA) is 94.6 Å². The summed E-state index contributed by atoms with van der Waals surface area (Å²) in [5.41, 5.74) is 0.480. The standard InChI is InChI=1S/C17H20N2O5/c20-16(10-18-17(21)12-5-2-1-3-6-12)23-11-13-9-15(24-19-13)14-7-4-8-22-14/h4,7-9,12H,1-3,5-6,10-11H2,(H,18,21). The van der Waals surface area contributed by atoms with Crippen molar-refractivity contribution in [2.75, 3.05) is 6.54 Å². The first-order chi connectivity index (χ1) is 11.7. The predicted octanol–water partition coefficient (Wildman–Crippen LogP) is 2.67. The highest BCUT2D eigenvalue weighted by atomic mass is 16.5. The Kier molecular flexibility index (Phi) is 5.30. The Balaban J connectivity index is 1.40. The van der Waals surface area contributed by atoms with E-state index in [4.69, 9.17) is 13.7 Å². The van der Waals surface area contributed by atoms with Crippen molar-refractivity contribution in [3.8, 4) is 11.5 Å². The number of esters is 1. The van der Waals surface area contributed by atoms with Gasteiger partial charge in [-0.25, -0.2) is 0 Å². The summed E-state index contributed by atoms with van der Waals surface area (Å²) >= 11 is 0. The summed E-state index contributed by atoms with van der Waals surface area (Å²) in [5.74, 6) is 0.490. The van der Waals surface area contributed by atoms with Crippen LogP contribution < -0.4 is 5.32 Å². The molecule has 0 bridgehead atoms. The van der Waals surface area contributed by atoms with Crippen molar-refractivity contribution in [2.24, 2.45) is 5.92 Å². The predicted molar refractivity (Wildman–Crippen MR) is 83.6 cm³/mol. The van der Waals surface area contributed by atoms with Gasteiger partial charge in [-0.05, 0) is 25.0 Å². The maximum atomic E-state index is 12.0. The van der Waals surface area contributed by atoms with Crippen molar-refractivity contribution in [3.63, 3.8) is 0 Å². The van der Waals surface area contributed by atoms with Gasteiger partial charge in [-0.3, -0.25) is 9.59 Å². The molecule has 1 amide bonds. The highest BCUT2D eigenvalue weighted by molar-refractivity contribution is 5.83. The van der Waals surface area contributed by atoms with E-state index in [1.54, 1.807) is 18.2 Å². The Labute approximate surface area is 139 Å². The van der Waals surface area contributed by atoms with Crippen molar-refractivity contribution < 1.29 is 23.3 Å². The SMILES string of the molecule is O=C(CNC(=O)C1CCCCC1)OCc1cc(-c2ccco2)on1. The lowest BCUT2D eigenvalue weighted by atomic mass is 9.89. The molecule has 7 heteroatoms. The highest BCUT2D eigenvalue weighted by Gasteiger charge is 2.21. The van der Waals surface area contributed by atoms with E-state index in [1.165, 1.54) is 12.7 Å². The maximum absolute atomic E-state index is 12.0. The van der Waals surface area contributed by atoms with E-state index >= 15 is 0 Å². The molecule has 1 saturated carbocycles. The van der Waals surface area contributed by atoms with Crippen LogP contribution in [0, 0.1) is 5.92 Å². The van der Waals surface area contributed by atoms with Gasteiger partial charge in [-0.15, -0.1) is 0 Å². The van der Waals surface area contributed by atoms with Crippen molar-refractivity contribution in [1.82, 2.24) is 10.5 Å². The van der Waals surface area contributed by atoms with Crippen LogP contribution in [0.15, 0.2) is 33.4 Å². The van der Waals surface area contributed by atoms with Crippen LogP contribution in [-0.4, -0.2) is 23.6 Å². The van der Waals surface area contributed by atoms with Crippen LogP contribution in [0.25, 0.3) is 11.5 Å². The third-order valence-corrected chi connectivity index (χ3v) is 4.09. The number of nitrogens with one attached hydrogen (secondary N) is 1. The summed E-state index contributed by atoms with van der Waals surface area (Å²) in [6.07, 6.45) is 6.67. The Hall–Kier alpha value is -2.57. The molecule has 7 nitrogen and oxygen atoms in total. The van der Waals surface area contributed by atoms with E-state index < -0.39 is 5.97 Å². The van der Waals surface area contributed by atoms with Gasteiger partial charge in [-0.1, -0.05) is 24.4 Å². The summed E-state index contributed by atoms with van der Waals surface area (Å²) in [5, 5.41) is 6.46. The van der Waals surface area contributed by atoms with E-state index in [0.717, 1.165) is 25.7 Å². The number of hydrogen-bond acceptors (Lipinski definition) is 6. The second-order valence-electron chi connectivity index (χ2n) is 5.87. The van der Waals surface area contributed by atoms with Gasteiger partial charge in [-0.2, -0.15) is 0 Å². The maximum Gasteiger partial charge on any atom is 0.325 e. The van der Waals surface area contributed by atoms with Gasteiger partial charge < -0.3 is 19.0 Å². The van der Waals surface area contributed by atoms with Crippen LogP contribution in [0.5, 0.6) is 0 Å². The molecular weight excluding hydrogens is 312 g/mol. The normalized spacial score (nSPS) is 15.2. The lowest BCUT2D eigenvalue weighted by Crippen LogP contribution is -2.36. The molecule has 3 rings (SSSR count). The zero-order valence-electron chi connectivity index (χ0n) is 13.3. The van der Waals surface area contributed by atoms with Crippen molar-refractivity contribution in [2.45, 2.75) is 38.7 Å². The molecule has 0 saturated heterocycles. The number of amides is 1. The van der Waals surface area contributed by atoms with E-state index in [2.05, 4.69) is 10.5 Å². The minimum Gasteiger partial charge on any atom is -0.461 e. The average molecular weight is 332 g/mol. The smallest absolute Gasteiger partial charge is 0.325 e. The Bertz CT molecular complexity index is 671. The zero-order valence-corrected chi connectivity index (χ0v) is 13.3. The molecule has 128 valence electrons. The van der Waals surface area contributed by atoms with Crippen molar-refractivity contribution >= 4 is 11.9 Å². The van der Waals surface area contributed by atoms with Crippen LogP contribution in [-0.2, 0) is 20.9 Å². The van der Waals surface area contributed by atoms with Crippen LogP contribution in [0.1, 0.15) is 37.8 Å². The number of rotatable bonds is 6. The molecule has 1 aliphatic carbocycles. The fourth-order valence-electron chi connectivity index (χ4n) is 2.79. The second-order valence-corrected chi connectivity index (χ2v) is 5.87. The van der Waals surface area contributed by atoms with Gasteiger partial charge in [0.2, 0.25) is 11.7 Å². The zero-order chi connectivity index (χ0) is 16.8. The fourth-order valence-corrected chi connectivity index (χ4v) is 2.79. The summed E-state index contributed by atoms with van der Waals surface area (Å²) in [6, 6.07) is 5.14. The molecule has 2 heterocycles. The first kappa shape index (κ1) is 16.3. The first-order valence-electron chi connectivity index (χ1n) is 8.15. The molecule has 2 aromatic heterocycles. The molecule has 1 N–H and O–H groups in total. The lowest BCUT2D eigenvalue weighted by Gasteiger charge is -2.20. The fraction of sp³-hybridized carbons (Fsp3) is 0.471. The molecule has 0 unspecified atom stereocenters. The molecule has 2 aromatic rings. The van der Waals surface area contributed by atoms with Gasteiger partial charge in [0, 0.05) is 12.0 Å². The molecule has 0 radical (unpaired) electrons. The molecule has 0 spiro atoms. The number of hydrogen-bond donors (Lipinski definition) is 1. The quantitative estimate of drug-likeness (QED) is 0.817. The molecule has 0 aromatic carbocycles. The van der Waals surface area contributed by atoms with Gasteiger partial charge in [0.05, 0.1) is 6.26 Å². The van der Waals surface area contributed by atoms with Gasteiger partial charge in [0.1, 0.15) is 18.8 Å². The highest BCUT2D eigenvalue weighted by Crippen LogP contribution is 2.23. The monoisotopic (exact) mass is 332 g/mol. The van der Waals surface area contributed by atoms with E-state index in [1.807, 2.05) is 0 Å². The molecule has 0 aliphatic heterocycles. The summed E-state index contributed by atoms with van der Waals surface area (Å²) in [7, 11) is 0. The van der Waals surface area contributed by atoms with Gasteiger partial charge >= 0.3 is 5.97 Å². The number of carbonyl (C=O) groups is 2. The lowest BCUT2D eigenvalue weighted by molar-refractivity contribution is -0.145. The third kappa shape index (κ3) is 4.24. The number of furan rings is 1. The Morgan fingerprint density at radius 2 is 2.08 bits per heavy atom. The van der Waals surface area contributed by atoms with Crippen molar-refractivity contribution in [1.29, 1.82) is 0 Å². The van der Waals surface area contributed by atoms with Crippen LogP contribution in [0.4, 0.5) is 0 Å². The minimum atomic E-state index is -0.498. The number of ether oxygens (including phenoxy) is 1. The number of carbonyl (C=O) groups excluding carboxylic acids is 2. The Morgan fingerprint density at radius 1 is 1.25 bits per heavy atom. The number of nitrogens with zero attached hydrogens (tertiary/aromatic N) is 1. The first-order valence-corrected chi connectivity index (χ1v) is 8.15. The largest absolute Gasteiger partial charge is 0.461 e. The number of aromatic nitrogens is 1. The van der Waals surface area contributed by atoms with Crippen LogP contribution in [0.3, 0.4) is 0 Å². The second kappa shape index (κ2) is 7.81. The minimum absolute atomic E-state index is 0.0116. The summed E-state index contributed by atoms with van der Waals surface area (Å²) < 4.78 is 15.4. The summed E-state index contributed by atoms with van der Waals surface area (Å²) in [4.78, 5) is 23.7. The average Bonchev–Trinajstić information content (AvgIpc) is 3.29. The molecule has 24 heavy (non-hydrogen) atoms. The van der Waals surface area contributed by atoms with E-state index in [0.29, 0.717) is 17.2 Å². The molecular formula is C17H20N2O5.